The van der Waals surface area contributed by atoms with Crippen LogP contribution in [0.4, 0.5) is 5.82 Å². The van der Waals surface area contributed by atoms with E-state index in [0.717, 1.165) is 75.1 Å². The number of aromatic nitrogens is 4. The van der Waals surface area contributed by atoms with Crippen LogP contribution in [0.3, 0.4) is 0 Å². The zero-order valence-electron chi connectivity index (χ0n) is 18.5. The van der Waals surface area contributed by atoms with Crippen molar-refractivity contribution >= 4 is 35.7 Å². The van der Waals surface area contributed by atoms with E-state index in [1.165, 1.54) is 11.5 Å². The Labute approximate surface area is 194 Å². The van der Waals surface area contributed by atoms with E-state index in [1.54, 1.807) is 0 Å². The Morgan fingerprint density at radius 2 is 1.97 bits per heavy atom. The molecule has 2 aromatic rings. The fourth-order valence-electron chi connectivity index (χ4n) is 4.22. The predicted octanol–water partition coefficient (Wildman–Crippen LogP) is 2.71. The van der Waals surface area contributed by atoms with E-state index >= 15 is 0 Å². The Hall–Kier alpha value is -1.84. The maximum atomic E-state index is 12.9. The molecule has 0 aromatic carbocycles. The molecule has 2 aliphatic rings. The molecular weight excluding hydrogens is 434 g/mol. The topological polar surface area (TPSA) is 78.4 Å². The van der Waals surface area contributed by atoms with Crippen molar-refractivity contribution in [3.05, 3.63) is 28.7 Å². The average Bonchev–Trinajstić information content (AvgIpc) is 3.29. The molecule has 0 N–H and O–H groups in total. The standard InChI is InChI=1S/C21H31N7OS.ClH/c1-15(2)21-22-16(3)11-19(23-21)27-9-7-26(8-10-27)13-20(29)28-6-4-5-17(12-28)18-14-30-25-24-18;/h11,14-15,17H,4-10,12-13H2,1-3H3;1H. The van der Waals surface area contributed by atoms with Crippen LogP contribution >= 0.6 is 23.9 Å². The van der Waals surface area contributed by atoms with Gasteiger partial charge >= 0.3 is 0 Å². The first kappa shape index (κ1) is 23.8. The quantitative estimate of drug-likeness (QED) is 0.671. The van der Waals surface area contributed by atoms with E-state index in [9.17, 15) is 4.79 Å². The summed E-state index contributed by atoms with van der Waals surface area (Å²) >= 11 is 1.39. The smallest absolute Gasteiger partial charge is 0.236 e. The number of nitrogens with zero attached hydrogens (tertiary/aromatic N) is 7. The van der Waals surface area contributed by atoms with Crippen molar-refractivity contribution in [3.8, 4) is 0 Å². The fraction of sp³-hybridized carbons (Fsp3) is 0.667. The number of hydrogen-bond acceptors (Lipinski definition) is 8. The van der Waals surface area contributed by atoms with Crippen molar-refractivity contribution < 1.29 is 4.79 Å². The normalized spacial score (nSPS) is 20.1. The number of halogens is 1. The summed E-state index contributed by atoms with van der Waals surface area (Å²) in [4.78, 5) is 28.8. The van der Waals surface area contributed by atoms with Gasteiger partial charge in [-0.3, -0.25) is 9.69 Å². The van der Waals surface area contributed by atoms with Crippen molar-refractivity contribution in [2.24, 2.45) is 0 Å². The number of carbonyl (C=O) groups is 1. The second-order valence-electron chi connectivity index (χ2n) is 8.65. The molecule has 1 atom stereocenters. The van der Waals surface area contributed by atoms with Crippen LogP contribution in [0.15, 0.2) is 11.4 Å². The number of hydrogen-bond donors (Lipinski definition) is 0. The highest BCUT2D eigenvalue weighted by Crippen LogP contribution is 2.26. The molecule has 0 aliphatic carbocycles. The van der Waals surface area contributed by atoms with Gasteiger partial charge in [-0.1, -0.05) is 18.3 Å². The van der Waals surface area contributed by atoms with Gasteiger partial charge in [0.05, 0.1) is 12.2 Å². The first-order valence-electron chi connectivity index (χ1n) is 10.9. The van der Waals surface area contributed by atoms with Crippen LogP contribution in [-0.2, 0) is 4.79 Å². The van der Waals surface area contributed by atoms with Gasteiger partial charge in [-0.2, -0.15) is 0 Å². The molecule has 2 fully saturated rings. The summed E-state index contributed by atoms with van der Waals surface area (Å²) < 4.78 is 3.98. The molecule has 4 heterocycles. The molecule has 8 nitrogen and oxygen atoms in total. The lowest BCUT2D eigenvalue weighted by Gasteiger charge is -2.37. The van der Waals surface area contributed by atoms with Gasteiger partial charge in [0.1, 0.15) is 11.6 Å². The van der Waals surface area contributed by atoms with Crippen LogP contribution in [0.1, 0.15) is 55.7 Å². The number of amides is 1. The Bertz CT molecular complexity index is 855. The van der Waals surface area contributed by atoms with Gasteiger partial charge in [0.2, 0.25) is 5.91 Å². The average molecular weight is 466 g/mol. The number of anilines is 1. The van der Waals surface area contributed by atoms with Crippen molar-refractivity contribution in [1.82, 2.24) is 29.4 Å². The minimum atomic E-state index is 0. The number of piperazine rings is 1. The highest BCUT2D eigenvalue weighted by molar-refractivity contribution is 7.03. The van der Waals surface area contributed by atoms with Crippen LogP contribution < -0.4 is 4.90 Å². The Kier molecular flexibility index (Phi) is 8.18. The van der Waals surface area contributed by atoms with Crippen molar-refractivity contribution in [1.29, 1.82) is 0 Å². The number of piperidine rings is 1. The van der Waals surface area contributed by atoms with Crippen LogP contribution in [0, 0.1) is 6.92 Å². The molecule has 170 valence electrons. The summed E-state index contributed by atoms with van der Waals surface area (Å²) in [6, 6.07) is 2.06. The zero-order valence-corrected chi connectivity index (χ0v) is 20.2. The molecule has 2 aromatic heterocycles. The summed E-state index contributed by atoms with van der Waals surface area (Å²) in [6.07, 6.45) is 2.12. The molecule has 31 heavy (non-hydrogen) atoms. The molecular formula is C21H32ClN7OS. The highest BCUT2D eigenvalue weighted by Gasteiger charge is 2.28. The molecule has 0 spiro atoms. The molecule has 1 amide bonds. The number of carbonyl (C=O) groups excluding carboxylic acids is 1. The van der Waals surface area contributed by atoms with Gasteiger partial charge in [0.15, 0.2) is 0 Å². The van der Waals surface area contributed by atoms with E-state index in [1.807, 2.05) is 17.2 Å². The second-order valence-corrected chi connectivity index (χ2v) is 9.26. The first-order valence-corrected chi connectivity index (χ1v) is 11.7. The maximum Gasteiger partial charge on any atom is 0.236 e. The Morgan fingerprint density at radius 1 is 1.19 bits per heavy atom. The van der Waals surface area contributed by atoms with Crippen LogP contribution in [0.25, 0.3) is 0 Å². The first-order chi connectivity index (χ1) is 14.5. The minimum Gasteiger partial charge on any atom is -0.354 e. The lowest BCUT2D eigenvalue weighted by Crippen LogP contribution is -2.51. The third kappa shape index (κ3) is 5.90. The highest BCUT2D eigenvalue weighted by atomic mass is 35.5. The monoisotopic (exact) mass is 465 g/mol. The molecule has 10 heteroatoms. The van der Waals surface area contributed by atoms with Crippen LogP contribution in [0.2, 0.25) is 0 Å². The SMILES string of the molecule is Cc1cc(N2CCN(CC(=O)N3CCCC(c4csnn4)C3)CC2)nc(C(C)C)n1.Cl. The van der Waals surface area contributed by atoms with E-state index in [0.29, 0.717) is 18.4 Å². The molecule has 1 unspecified atom stereocenters. The third-order valence-electron chi connectivity index (χ3n) is 6.00. The zero-order chi connectivity index (χ0) is 21.1. The minimum absolute atomic E-state index is 0. The van der Waals surface area contributed by atoms with E-state index in [4.69, 9.17) is 4.98 Å². The van der Waals surface area contributed by atoms with Gasteiger partial charge in [-0.15, -0.1) is 17.5 Å². The molecule has 2 aliphatic heterocycles. The van der Waals surface area contributed by atoms with E-state index in [2.05, 4.69) is 44.3 Å². The Balaban J connectivity index is 0.00000272. The predicted molar refractivity (Wildman–Crippen MR) is 125 cm³/mol. The third-order valence-corrected chi connectivity index (χ3v) is 6.52. The summed E-state index contributed by atoms with van der Waals surface area (Å²) in [5.74, 6) is 2.78. The van der Waals surface area contributed by atoms with Gasteiger partial charge in [0, 0.05) is 68.2 Å². The van der Waals surface area contributed by atoms with Crippen molar-refractivity contribution in [2.75, 3.05) is 50.7 Å². The second kappa shape index (κ2) is 10.7. The van der Waals surface area contributed by atoms with Crippen LogP contribution in [0.5, 0.6) is 0 Å². The lowest BCUT2D eigenvalue weighted by molar-refractivity contribution is -0.133. The van der Waals surface area contributed by atoms with Gasteiger partial charge < -0.3 is 9.80 Å². The number of aryl methyl sites for hydroxylation is 1. The summed E-state index contributed by atoms with van der Waals surface area (Å²) in [7, 11) is 0. The fourth-order valence-corrected chi connectivity index (χ4v) is 4.75. The van der Waals surface area contributed by atoms with Crippen molar-refractivity contribution in [3.63, 3.8) is 0 Å². The molecule has 4 rings (SSSR count). The van der Waals surface area contributed by atoms with Gasteiger partial charge in [-0.05, 0) is 31.3 Å². The summed E-state index contributed by atoms with van der Waals surface area (Å²) in [5.41, 5.74) is 2.04. The van der Waals surface area contributed by atoms with E-state index < -0.39 is 0 Å². The lowest BCUT2D eigenvalue weighted by atomic mass is 9.95. The molecule has 0 radical (unpaired) electrons. The summed E-state index contributed by atoms with van der Waals surface area (Å²) in [6.45, 7) is 11.9. The number of rotatable bonds is 5. The summed E-state index contributed by atoms with van der Waals surface area (Å²) in [5, 5.41) is 6.23. The molecule has 0 saturated carbocycles. The Morgan fingerprint density at radius 3 is 2.65 bits per heavy atom. The molecule has 2 saturated heterocycles. The maximum absolute atomic E-state index is 12.9. The van der Waals surface area contributed by atoms with Crippen molar-refractivity contribution in [2.45, 2.75) is 45.4 Å². The van der Waals surface area contributed by atoms with Crippen LogP contribution in [-0.4, -0.2) is 81.1 Å². The largest absolute Gasteiger partial charge is 0.354 e. The number of likely N-dealkylation sites (tertiary alicyclic amines) is 1. The van der Waals surface area contributed by atoms with Gasteiger partial charge in [0.25, 0.3) is 0 Å². The van der Waals surface area contributed by atoms with E-state index in [-0.39, 0.29) is 18.3 Å². The molecule has 0 bridgehead atoms. The van der Waals surface area contributed by atoms with Gasteiger partial charge in [-0.25, -0.2) is 9.97 Å².